The molecule has 0 bridgehead atoms. The van der Waals surface area contributed by atoms with Crippen LogP contribution in [0.1, 0.15) is 21.1 Å². The Morgan fingerprint density at radius 1 is 1.14 bits per heavy atom. The van der Waals surface area contributed by atoms with Crippen LogP contribution in [0.5, 0.6) is 0 Å². The largest absolute Gasteiger partial charge is 0.340 e. The molecule has 1 saturated heterocycles. The molecule has 0 atom stereocenters. The van der Waals surface area contributed by atoms with Crippen LogP contribution in [0, 0.1) is 0 Å². The van der Waals surface area contributed by atoms with E-state index in [1.807, 2.05) is 17.0 Å². The molecule has 1 aromatic carbocycles. The summed E-state index contributed by atoms with van der Waals surface area (Å²) in [5, 5.41) is 5.23. The smallest absolute Gasteiger partial charge is 0.275 e. The third-order valence-corrected chi connectivity index (χ3v) is 5.25. The minimum atomic E-state index is -0.262. The van der Waals surface area contributed by atoms with Crippen LogP contribution in [-0.4, -0.2) is 59.8 Å². The summed E-state index contributed by atoms with van der Waals surface area (Å²) in [5.74, 6) is -0.117. The lowest BCUT2D eigenvalue weighted by Gasteiger charge is -2.32. The number of carbonyl (C=O) groups excluding carboxylic acids is 2. The summed E-state index contributed by atoms with van der Waals surface area (Å²) >= 11 is 1.37. The number of hydrogen-bond donors (Lipinski definition) is 2. The van der Waals surface area contributed by atoms with E-state index in [4.69, 9.17) is 5.73 Å². The lowest BCUT2D eigenvalue weighted by Crippen LogP contribution is -2.47. The summed E-state index contributed by atoms with van der Waals surface area (Å²) in [6.07, 6.45) is 0.379. The maximum atomic E-state index is 12.4. The van der Waals surface area contributed by atoms with Gasteiger partial charge in [0.1, 0.15) is 10.7 Å². The molecule has 28 heavy (non-hydrogen) atoms. The van der Waals surface area contributed by atoms with E-state index in [1.165, 1.54) is 11.3 Å². The fraction of sp³-hybridized carbons (Fsp3) is 0.389. The van der Waals surface area contributed by atoms with Crippen LogP contribution in [0.4, 0.5) is 5.69 Å². The van der Waals surface area contributed by atoms with E-state index in [9.17, 15) is 9.59 Å². The molecule has 7 nitrogen and oxygen atoms in total. The zero-order valence-corrected chi connectivity index (χ0v) is 18.0. The van der Waals surface area contributed by atoms with E-state index in [-0.39, 0.29) is 36.6 Å². The van der Waals surface area contributed by atoms with Gasteiger partial charge in [0.2, 0.25) is 5.91 Å². The zero-order chi connectivity index (χ0) is 18.5. The summed E-state index contributed by atoms with van der Waals surface area (Å²) in [6.45, 7) is 3.72. The molecule has 0 radical (unpaired) electrons. The van der Waals surface area contributed by atoms with E-state index >= 15 is 0 Å². The number of nitrogens with zero attached hydrogens (tertiary/aromatic N) is 3. The van der Waals surface area contributed by atoms with Crippen molar-refractivity contribution in [1.82, 2.24) is 14.8 Å². The van der Waals surface area contributed by atoms with Crippen molar-refractivity contribution in [2.24, 2.45) is 5.73 Å². The van der Waals surface area contributed by atoms with Crippen LogP contribution in [0.25, 0.3) is 0 Å². The number of aromatic nitrogens is 1. The van der Waals surface area contributed by atoms with Gasteiger partial charge >= 0.3 is 0 Å². The predicted molar refractivity (Wildman–Crippen MR) is 117 cm³/mol. The molecule has 3 rings (SSSR count). The Kier molecular flexibility index (Phi) is 9.84. The molecule has 2 amide bonds. The number of halogens is 2. The van der Waals surface area contributed by atoms with Crippen LogP contribution in [0.3, 0.4) is 0 Å². The number of amides is 2. The second-order valence-electron chi connectivity index (χ2n) is 6.34. The lowest BCUT2D eigenvalue weighted by molar-refractivity contribution is -0.132. The molecule has 3 N–H and O–H groups in total. The Morgan fingerprint density at radius 3 is 2.36 bits per heavy atom. The summed E-state index contributed by atoms with van der Waals surface area (Å²) in [7, 11) is 2.07. The highest BCUT2D eigenvalue weighted by atomic mass is 35.5. The minimum Gasteiger partial charge on any atom is -0.340 e. The molecule has 0 spiro atoms. The second kappa shape index (κ2) is 11.3. The van der Waals surface area contributed by atoms with Gasteiger partial charge in [-0.2, -0.15) is 0 Å². The van der Waals surface area contributed by atoms with E-state index in [0.29, 0.717) is 24.3 Å². The maximum absolute atomic E-state index is 12.4. The summed E-state index contributed by atoms with van der Waals surface area (Å²) < 4.78 is 0. The van der Waals surface area contributed by atoms with Crippen molar-refractivity contribution in [3.05, 3.63) is 45.9 Å². The molecule has 2 aromatic rings. The maximum Gasteiger partial charge on any atom is 0.275 e. The fourth-order valence-corrected chi connectivity index (χ4v) is 3.41. The van der Waals surface area contributed by atoms with Gasteiger partial charge in [0.05, 0.1) is 6.42 Å². The fourth-order valence-electron chi connectivity index (χ4n) is 2.75. The average Bonchev–Trinajstić information content (AvgIpc) is 3.13. The zero-order valence-electron chi connectivity index (χ0n) is 15.6. The van der Waals surface area contributed by atoms with Crippen molar-refractivity contribution in [2.75, 3.05) is 38.5 Å². The van der Waals surface area contributed by atoms with Crippen LogP contribution < -0.4 is 11.1 Å². The predicted octanol–water partition coefficient (Wildman–Crippen LogP) is 2.01. The molecule has 10 heteroatoms. The van der Waals surface area contributed by atoms with Gasteiger partial charge < -0.3 is 20.9 Å². The Balaban J connectivity index is 0.00000196. The number of benzene rings is 1. The number of likely N-dealkylation sites (N-methyl/N-ethyl adjacent to an activating group) is 1. The molecule has 0 aliphatic carbocycles. The molecule has 2 heterocycles. The summed E-state index contributed by atoms with van der Waals surface area (Å²) in [4.78, 5) is 32.8. The third-order valence-electron chi connectivity index (χ3n) is 4.38. The van der Waals surface area contributed by atoms with E-state index in [0.717, 1.165) is 36.8 Å². The first-order valence-corrected chi connectivity index (χ1v) is 9.44. The van der Waals surface area contributed by atoms with E-state index < -0.39 is 0 Å². The van der Waals surface area contributed by atoms with Crippen molar-refractivity contribution in [2.45, 2.75) is 13.0 Å². The average molecular weight is 446 g/mol. The van der Waals surface area contributed by atoms with Gasteiger partial charge in [-0.25, -0.2) is 4.98 Å². The monoisotopic (exact) mass is 445 g/mol. The Bertz CT molecular complexity index is 777. The van der Waals surface area contributed by atoms with Gasteiger partial charge in [-0.1, -0.05) is 12.1 Å². The second-order valence-corrected chi connectivity index (χ2v) is 7.29. The first kappa shape index (κ1) is 24.3. The van der Waals surface area contributed by atoms with Crippen LogP contribution in [0.15, 0.2) is 29.6 Å². The van der Waals surface area contributed by atoms with E-state index in [1.54, 1.807) is 17.5 Å². The molecular weight excluding hydrogens is 421 g/mol. The van der Waals surface area contributed by atoms with Crippen LogP contribution in [0.2, 0.25) is 0 Å². The molecule has 0 unspecified atom stereocenters. The highest BCUT2D eigenvalue weighted by molar-refractivity contribution is 7.09. The van der Waals surface area contributed by atoms with E-state index in [2.05, 4.69) is 22.2 Å². The number of carbonyl (C=O) groups is 2. The molecule has 1 aliphatic heterocycles. The van der Waals surface area contributed by atoms with Gasteiger partial charge in [-0.05, 0) is 24.7 Å². The van der Waals surface area contributed by atoms with Crippen molar-refractivity contribution >= 4 is 53.7 Å². The van der Waals surface area contributed by atoms with Gasteiger partial charge in [0.15, 0.2) is 0 Å². The van der Waals surface area contributed by atoms with Gasteiger partial charge in [-0.3, -0.25) is 9.59 Å². The Hall–Kier alpha value is -1.71. The molecular formula is C18H25Cl2N5O2S. The number of nitrogens with two attached hydrogens (primary N) is 1. The molecule has 0 saturated carbocycles. The lowest BCUT2D eigenvalue weighted by atomic mass is 10.1. The van der Waals surface area contributed by atoms with Crippen molar-refractivity contribution in [1.29, 1.82) is 0 Å². The first-order chi connectivity index (χ1) is 12.5. The van der Waals surface area contributed by atoms with Crippen LogP contribution in [-0.2, 0) is 17.8 Å². The molecule has 1 fully saturated rings. The highest BCUT2D eigenvalue weighted by Crippen LogP contribution is 2.14. The number of piperazine rings is 1. The number of anilines is 1. The summed E-state index contributed by atoms with van der Waals surface area (Å²) in [6, 6.07) is 7.35. The Morgan fingerprint density at radius 2 is 1.79 bits per heavy atom. The molecule has 1 aliphatic rings. The minimum absolute atomic E-state index is 0. The first-order valence-electron chi connectivity index (χ1n) is 8.56. The van der Waals surface area contributed by atoms with Crippen molar-refractivity contribution in [3.63, 3.8) is 0 Å². The number of thiazole rings is 1. The van der Waals surface area contributed by atoms with Crippen LogP contribution >= 0.6 is 36.2 Å². The number of hydrogen-bond acceptors (Lipinski definition) is 6. The normalized spacial score (nSPS) is 14.0. The highest BCUT2D eigenvalue weighted by Gasteiger charge is 2.19. The van der Waals surface area contributed by atoms with Gasteiger partial charge in [-0.15, -0.1) is 36.2 Å². The standard InChI is InChI=1S/C18H23N5O2S.2ClH/c1-22-6-8-23(9-7-22)17(24)10-13-2-4-14(5-3-13)20-18(25)15-12-26-16(11-19)21-15;;/h2-5,12H,6-11,19H2,1H3,(H,20,25);2*1H. The Labute approximate surface area is 181 Å². The van der Waals surface area contributed by atoms with Gasteiger partial charge in [0.25, 0.3) is 5.91 Å². The number of nitrogens with one attached hydrogen (secondary N) is 1. The molecule has 154 valence electrons. The number of rotatable bonds is 5. The molecule has 1 aromatic heterocycles. The third kappa shape index (κ3) is 6.42. The quantitative estimate of drug-likeness (QED) is 0.734. The van der Waals surface area contributed by atoms with Crippen molar-refractivity contribution < 1.29 is 9.59 Å². The van der Waals surface area contributed by atoms with Gasteiger partial charge in [0, 0.05) is 43.8 Å². The topological polar surface area (TPSA) is 91.6 Å². The SMILES string of the molecule is CN1CCN(C(=O)Cc2ccc(NC(=O)c3csc(CN)n3)cc2)CC1.Cl.Cl. The summed E-state index contributed by atoms with van der Waals surface area (Å²) in [5.41, 5.74) is 7.49. The van der Waals surface area contributed by atoms with Crippen molar-refractivity contribution in [3.8, 4) is 0 Å².